The number of nitrogens with one attached hydrogen (secondary N) is 1. The highest BCUT2D eigenvalue weighted by Gasteiger charge is 2.34. The predicted molar refractivity (Wildman–Crippen MR) is 94.1 cm³/mol. The molecular weight excluding hydrogens is 352 g/mol. The number of aromatic nitrogens is 2. The van der Waals surface area contributed by atoms with Gasteiger partial charge in [0.1, 0.15) is 24.0 Å². The van der Waals surface area contributed by atoms with E-state index in [-0.39, 0.29) is 30.2 Å². The number of hydrogen-bond acceptors (Lipinski definition) is 3. The van der Waals surface area contributed by atoms with Crippen LogP contribution in [0.2, 0.25) is 0 Å². The van der Waals surface area contributed by atoms with Gasteiger partial charge in [-0.15, -0.1) is 0 Å². The fourth-order valence-electron chi connectivity index (χ4n) is 3.07. The number of halogens is 2. The molecule has 5 nitrogen and oxygen atoms in total. The van der Waals surface area contributed by atoms with Crippen molar-refractivity contribution in [2.24, 2.45) is 0 Å². The minimum Gasteiger partial charge on any atom is -0.487 e. The van der Waals surface area contributed by atoms with E-state index < -0.39 is 0 Å². The van der Waals surface area contributed by atoms with Gasteiger partial charge in [-0.2, -0.15) is 5.10 Å². The molecule has 0 aliphatic carbocycles. The largest absolute Gasteiger partial charge is 0.487 e. The highest BCUT2D eigenvalue weighted by molar-refractivity contribution is 5.93. The number of likely N-dealkylation sites (tertiary alicyclic amines) is 1. The number of carbonyl (C=O) groups is 1. The van der Waals surface area contributed by atoms with E-state index in [1.807, 2.05) is 0 Å². The molecule has 0 saturated carbocycles. The molecule has 138 valence electrons. The minimum atomic E-state index is -0.377. The Morgan fingerprint density at radius 1 is 1.15 bits per heavy atom. The van der Waals surface area contributed by atoms with Crippen LogP contribution in [0, 0.1) is 11.6 Å². The lowest BCUT2D eigenvalue weighted by molar-refractivity contribution is 0.0454. The van der Waals surface area contributed by atoms with Gasteiger partial charge in [-0.1, -0.05) is 18.2 Å². The van der Waals surface area contributed by atoms with Crippen LogP contribution in [0.3, 0.4) is 0 Å². The van der Waals surface area contributed by atoms with Crippen molar-refractivity contribution in [1.82, 2.24) is 15.1 Å². The second kappa shape index (κ2) is 7.19. The first kappa shape index (κ1) is 17.2. The zero-order valence-electron chi connectivity index (χ0n) is 14.4. The van der Waals surface area contributed by atoms with E-state index in [1.165, 1.54) is 24.3 Å². The minimum absolute atomic E-state index is 0.0678. The van der Waals surface area contributed by atoms with Crippen molar-refractivity contribution in [3.63, 3.8) is 0 Å². The second-order valence-electron chi connectivity index (χ2n) is 6.38. The topological polar surface area (TPSA) is 58.2 Å². The number of rotatable bonds is 5. The van der Waals surface area contributed by atoms with Crippen LogP contribution in [-0.2, 0) is 6.61 Å². The second-order valence-corrected chi connectivity index (χ2v) is 6.38. The van der Waals surface area contributed by atoms with Crippen LogP contribution < -0.4 is 4.74 Å². The highest BCUT2D eigenvalue weighted by atomic mass is 19.1. The lowest BCUT2D eigenvalue weighted by atomic mass is 9.94. The zero-order chi connectivity index (χ0) is 18.8. The van der Waals surface area contributed by atoms with Crippen molar-refractivity contribution in [2.75, 3.05) is 6.54 Å². The summed E-state index contributed by atoms with van der Waals surface area (Å²) in [7, 11) is 0. The molecule has 0 radical (unpaired) electrons. The van der Waals surface area contributed by atoms with Crippen molar-refractivity contribution in [2.45, 2.75) is 19.1 Å². The van der Waals surface area contributed by atoms with E-state index in [4.69, 9.17) is 4.74 Å². The standard InChI is InChI=1S/C20H17F2N3O2/c21-14-6-4-13(5-7-14)19-8-9-25(19)20(26)18-11-16(23-24-18)12-27-17-3-1-2-15(22)10-17/h1-7,10-11,19H,8-9,12H2,(H,23,24). The molecule has 1 fully saturated rings. The van der Waals surface area contributed by atoms with Crippen molar-refractivity contribution < 1.29 is 18.3 Å². The summed E-state index contributed by atoms with van der Waals surface area (Å²) < 4.78 is 31.7. The number of aromatic amines is 1. The zero-order valence-corrected chi connectivity index (χ0v) is 14.4. The quantitative estimate of drug-likeness (QED) is 0.743. The summed E-state index contributed by atoms with van der Waals surface area (Å²) in [6.07, 6.45) is 0.831. The van der Waals surface area contributed by atoms with Gasteiger partial charge in [0.2, 0.25) is 0 Å². The van der Waals surface area contributed by atoms with Crippen LogP contribution >= 0.6 is 0 Å². The molecule has 1 saturated heterocycles. The van der Waals surface area contributed by atoms with Crippen LogP contribution in [0.5, 0.6) is 5.75 Å². The number of amides is 1. The predicted octanol–water partition coefficient (Wildman–Crippen LogP) is 3.85. The molecule has 2 aromatic carbocycles. The Kier molecular flexibility index (Phi) is 4.58. The fourth-order valence-corrected chi connectivity index (χ4v) is 3.07. The van der Waals surface area contributed by atoms with Gasteiger partial charge in [-0.25, -0.2) is 8.78 Å². The van der Waals surface area contributed by atoms with Gasteiger partial charge in [-0.05, 0) is 42.3 Å². The Morgan fingerprint density at radius 3 is 2.67 bits per heavy atom. The summed E-state index contributed by atoms with van der Waals surface area (Å²) >= 11 is 0. The van der Waals surface area contributed by atoms with E-state index >= 15 is 0 Å². The van der Waals surface area contributed by atoms with Gasteiger partial charge in [0, 0.05) is 12.6 Å². The Hall–Kier alpha value is -3.22. The molecule has 1 aliphatic rings. The third kappa shape index (κ3) is 3.67. The lowest BCUT2D eigenvalue weighted by Gasteiger charge is -2.41. The number of hydrogen-bond donors (Lipinski definition) is 1. The summed E-state index contributed by atoms with van der Waals surface area (Å²) in [5.74, 6) is -0.468. The Labute approximate surface area is 154 Å². The maximum Gasteiger partial charge on any atom is 0.274 e. The first-order valence-corrected chi connectivity index (χ1v) is 8.59. The molecule has 0 spiro atoms. The van der Waals surface area contributed by atoms with E-state index in [0.29, 0.717) is 23.7 Å². The first-order valence-electron chi connectivity index (χ1n) is 8.59. The van der Waals surface area contributed by atoms with Gasteiger partial charge in [0.05, 0.1) is 11.7 Å². The molecular formula is C20H17F2N3O2. The molecule has 1 amide bonds. The molecule has 1 atom stereocenters. The van der Waals surface area contributed by atoms with Crippen LogP contribution in [-0.4, -0.2) is 27.5 Å². The molecule has 1 aromatic heterocycles. The molecule has 0 bridgehead atoms. The van der Waals surface area contributed by atoms with Gasteiger partial charge < -0.3 is 9.64 Å². The van der Waals surface area contributed by atoms with Crippen molar-refractivity contribution in [1.29, 1.82) is 0 Å². The summed E-state index contributed by atoms with van der Waals surface area (Å²) in [6, 6.07) is 13.6. The summed E-state index contributed by atoms with van der Waals surface area (Å²) in [5, 5.41) is 6.83. The van der Waals surface area contributed by atoms with Crippen LogP contribution in [0.25, 0.3) is 0 Å². The van der Waals surface area contributed by atoms with Gasteiger partial charge in [0.25, 0.3) is 5.91 Å². The Bertz CT molecular complexity index is 956. The summed E-state index contributed by atoms with van der Waals surface area (Å²) in [4.78, 5) is 14.4. The smallest absolute Gasteiger partial charge is 0.274 e. The van der Waals surface area contributed by atoms with Gasteiger partial charge >= 0.3 is 0 Å². The molecule has 1 unspecified atom stereocenters. The highest BCUT2D eigenvalue weighted by Crippen LogP contribution is 2.34. The third-order valence-corrected chi connectivity index (χ3v) is 4.58. The van der Waals surface area contributed by atoms with E-state index in [1.54, 1.807) is 35.2 Å². The molecule has 1 N–H and O–H groups in total. The summed E-state index contributed by atoms with van der Waals surface area (Å²) in [6.45, 7) is 0.772. The molecule has 4 rings (SSSR count). The average Bonchev–Trinajstić information content (AvgIpc) is 3.10. The number of ether oxygens (including phenoxy) is 1. The summed E-state index contributed by atoms with van der Waals surface area (Å²) in [5.41, 5.74) is 1.81. The maximum atomic E-state index is 13.2. The molecule has 2 heterocycles. The normalized spacial score (nSPS) is 16.1. The Balaban J connectivity index is 1.40. The van der Waals surface area contributed by atoms with Crippen LogP contribution in [0.15, 0.2) is 54.6 Å². The number of nitrogens with zero attached hydrogens (tertiary/aromatic N) is 2. The molecule has 7 heteroatoms. The Morgan fingerprint density at radius 2 is 1.96 bits per heavy atom. The third-order valence-electron chi connectivity index (χ3n) is 4.58. The van der Waals surface area contributed by atoms with Crippen LogP contribution in [0.1, 0.15) is 34.2 Å². The SMILES string of the molecule is O=C(c1cc(COc2cccc(F)c2)[nH]n1)N1CCC1c1ccc(F)cc1. The average molecular weight is 369 g/mol. The monoisotopic (exact) mass is 369 g/mol. The fraction of sp³-hybridized carbons (Fsp3) is 0.200. The van der Waals surface area contributed by atoms with E-state index in [2.05, 4.69) is 10.2 Å². The molecule has 27 heavy (non-hydrogen) atoms. The van der Waals surface area contributed by atoms with Crippen molar-refractivity contribution >= 4 is 5.91 Å². The first-order chi connectivity index (χ1) is 13.1. The lowest BCUT2D eigenvalue weighted by Crippen LogP contribution is -2.45. The molecule has 1 aliphatic heterocycles. The number of carbonyl (C=O) groups excluding carboxylic acids is 1. The number of H-pyrrole nitrogens is 1. The van der Waals surface area contributed by atoms with Crippen molar-refractivity contribution in [3.05, 3.63) is 83.2 Å². The number of benzene rings is 2. The van der Waals surface area contributed by atoms with E-state index in [9.17, 15) is 13.6 Å². The maximum absolute atomic E-state index is 13.2. The van der Waals surface area contributed by atoms with Crippen LogP contribution in [0.4, 0.5) is 8.78 Å². The van der Waals surface area contributed by atoms with E-state index in [0.717, 1.165) is 12.0 Å². The molecule has 3 aromatic rings. The van der Waals surface area contributed by atoms with Crippen molar-refractivity contribution in [3.8, 4) is 5.75 Å². The van der Waals surface area contributed by atoms with Gasteiger partial charge in [0.15, 0.2) is 5.69 Å². The van der Waals surface area contributed by atoms with Gasteiger partial charge in [-0.3, -0.25) is 9.89 Å².